The first-order valence-corrected chi connectivity index (χ1v) is 9.10. The molecule has 1 aromatic heterocycles. The first-order chi connectivity index (χ1) is 14.1. The van der Waals surface area contributed by atoms with E-state index in [-0.39, 0.29) is 24.4 Å². The highest BCUT2D eigenvalue weighted by Gasteiger charge is 2.35. The van der Waals surface area contributed by atoms with Gasteiger partial charge < -0.3 is 13.9 Å². The first kappa shape index (κ1) is 18.7. The van der Waals surface area contributed by atoms with Crippen molar-refractivity contribution in [3.05, 3.63) is 84.1 Å². The minimum atomic E-state index is -0.366. The van der Waals surface area contributed by atoms with Crippen molar-refractivity contribution in [2.45, 2.75) is 12.5 Å². The second-order valence-electron chi connectivity index (χ2n) is 6.49. The topological polar surface area (TPSA) is 64.3 Å². The summed E-state index contributed by atoms with van der Waals surface area (Å²) in [6, 6.07) is 16.2. The van der Waals surface area contributed by atoms with Gasteiger partial charge in [-0.25, -0.2) is 9.40 Å². The lowest BCUT2D eigenvalue weighted by Gasteiger charge is -2.20. The van der Waals surface area contributed by atoms with E-state index in [1.54, 1.807) is 19.4 Å². The van der Waals surface area contributed by atoms with Gasteiger partial charge in [-0.3, -0.25) is 4.79 Å². The Bertz CT molecular complexity index is 998. The maximum atomic E-state index is 13.0. The van der Waals surface area contributed by atoms with Crippen LogP contribution in [0.15, 0.2) is 76.4 Å². The number of amides is 1. The van der Waals surface area contributed by atoms with Crippen LogP contribution in [-0.2, 0) is 4.79 Å². The van der Waals surface area contributed by atoms with E-state index >= 15 is 0 Å². The maximum absolute atomic E-state index is 13.0. The highest BCUT2D eigenvalue weighted by atomic mass is 19.1. The SMILES string of the molecule is COc1ccc(C2=NN(C(=O)COc3ccc(F)cc3)[C@H](c3ccco3)C2)cc1. The molecule has 2 heterocycles. The van der Waals surface area contributed by atoms with Gasteiger partial charge in [-0.1, -0.05) is 0 Å². The predicted molar refractivity (Wildman–Crippen MR) is 104 cm³/mol. The zero-order valence-electron chi connectivity index (χ0n) is 15.7. The van der Waals surface area contributed by atoms with Crippen LogP contribution < -0.4 is 9.47 Å². The van der Waals surface area contributed by atoms with Crippen LogP contribution in [0.2, 0.25) is 0 Å². The third kappa shape index (κ3) is 4.13. The van der Waals surface area contributed by atoms with E-state index in [1.165, 1.54) is 29.3 Å². The smallest absolute Gasteiger partial charge is 0.281 e. The minimum Gasteiger partial charge on any atom is -0.497 e. The molecule has 0 unspecified atom stereocenters. The van der Waals surface area contributed by atoms with E-state index in [2.05, 4.69) is 5.10 Å². The van der Waals surface area contributed by atoms with Crippen LogP contribution >= 0.6 is 0 Å². The molecule has 1 amide bonds. The number of carbonyl (C=O) groups excluding carboxylic acids is 1. The summed E-state index contributed by atoms with van der Waals surface area (Å²) in [6.07, 6.45) is 2.08. The number of ether oxygens (including phenoxy) is 2. The van der Waals surface area contributed by atoms with Gasteiger partial charge in [0, 0.05) is 6.42 Å². The molecule has 0 saturated heterocycles. The predicted octanol–water partition coefficient (Wildman–Crippen LogP) is 4.18. The molecule has 0 bridgehead atoms. The maximum Gasteiger partial charge on any atom is 0.281 e. The average Bonchev–Trinajstić information content (AvgIpc) is 3.43. The lowest BCUT2D eigenvalue weighted by Crippen LogP contribution is -2.31. The van der Waals surface area contributed by atoms with Crippen LogP contribution in [0.4, 0.5) is 4.39 Å². The molecule has 6 nitrogen and oxygen atoms in total. The Kier molecular flexibility index (Phi) is 5.29. The van der Waals surface area contributed by atoms with E-state index in [0.717, 1.165) is 17.0 Å². The summed E-state index contributed by atoms with van der Waals surface area (Å²) in [6.45, 7) is -0.220. The molecule has 148 valence electrons. The Morgan fingerprint density at radius 2 is 1.86 bits per heavy atom. The number of furan rings is 1. The zero-order chi connectivity index (χ0) is 20.2. The number of rotatable bonds is 6. The summed E-state index contributed by atoms with van der Waals surface area (Å²) in [5.41, 5.74) is 1.67. The third-order valence-electron chi connectivity index (χ3n) is 4.64. The van der Waals surface area contributed by atoms with Gasteiger partial charge in [0.1, 0.15) is 29.1 Å². The summed E-state index contributed by atoms with van der Waals surface area (Å²) in [4.78, 5) is 12.8. The fourth-order valence-electron chi connectivity index (χ4n) is 3.14. The molecule has 0 N–H and O–H groups in total. The molecule has 0 saturated carbocycles. The number of benzene rings is 2. The molecule has 4 rings (SSSR count). The second-order valence-corrected chi connectivity index (χ2v) is 6.49. The number of carbonyl (C=O) groups is 1. The van der Waals surface area contributed by atoms with E-state index in [9.17, 15) is 9.18 Å². The van der Waals surface area contributed by atoms with Gasteiger partial charge in [-0.2, -0.15) is 5.10 Å². The summed E-state index contributed by atoms with van der Waals surface area (Å²) < 4.78 is 29.2. The van der Waals surface area contributed by atoms with Crippen molar-refractivity contribution in [2.24, 2.45) is 5.10 Å². The fraction of sp³-hybridized carbons (Fsp3) is 0.182. The quantitative estimate of drug-likeness (QED) is 0.629. The average molecular weight is 394 g/mol. The first-order valence-electron chi connectivity index (χ1n) is 9.10. The van der Waals surface area contributed by atoms with Gasteiger partial charge in [0.2, 0.25) is 0 Å². The summed E-state index contributed by atoms with van der Waals surface area (Å²) in [5.74, 6) is 1.12. The van der Waals surface area contributed by atoms with Crippen molar-refractivity contribution in [1.29, 1.82) is 0 Å². The van der Waals surface area contributed by atoms with Crippen LogP contribution in [0.1, 0.15) is 23.8 Å². The Labute approximate surface area is 167 Å². The molecule has 0 radical (unpaired) electrons. The van der Waals surface area contributed by atoms with Crippen LogP contribution in [0, 0.1) is 5.82 Å². The van der Waals surface area contributed by atoms with E-state index < -0.39 is 0 Å². The number of nitrogens with zero attached hydrogens (tertiary/aromatic N) is 2. The number of hydrogen-bond acceptors (Lipinski definition) is 5. The molecule has 2 aromatic carbocycles. The highest BCUT2D eigenvalue weighted by molar-refractivity contribution is 6.03. The molecule has 1 aliphatic rings. The molecule has 7 heteroatoms. The normalized spacial score (nSPS) is 15.9. The molecular weight excluding hydrogens is 375 g/mol. The monoisotopic (exact) mass is 394 g/mol. The van der Waals surface area contributed by atoms with E-state index in [1.807, 2.05) is 30.3 Å². The minimum absolute atomic E-state index is 0.220. The van der Waals surface area contributed by atoms with Crippen molar-refractivity contribution >= 4 is 11.6 Å². The molecule has 3 aromatic rings. The fourth-order valence-corrected chi connectivity index (χ4v) is 3.14. The van der Waals surface area contributed by atoms with Gasteiger partial charge in [-0.05, 0) is 66.2 Å². The van der Waals surface area contributed by atoms with Crippen LogP contribution in [0.25, 0.3) is 0 Å². The van der Waals surface area contributed by atoms with Crippen molar-refractivity contribution in [3.63, 3.8) is 0 Å². The molecule has 0 fully saturated rings. The highest BCUT2D eigenvalue weighted by Crippen LogP contribution is 2.33. The van der Waals surface area contributed by atoms with Crippen molar-refractivity contribution in [1.82, 2.24) is 5.01 Å². The summed E-state index contributed by atoms with van der Waals surface area (Å²) in [7, 11) is 1.61. The molecule has 0 spiro atoms. The van der Waals surface area contributed by atoms with Crippen molar-refractivity contribution in [3.8, 4) is 11.5 Å². The van der Waals surface area contributed by atoms with Crippen molar-refractivity contribution < 1.29 is 23.1 Å². The second kappa shape index (κ2) is 8.18. The third-order valence-corrected chi connectivity index (χ3v) is 4.64. The molecule has 1 atom stereocenters. The number of halogens is 1. The lowest BCUT2D eigenvalue weighted by atomic mass is 10.0. The number of hydrogen-bond donors (Lipinski definition) is 0. The van der Waals surface area contributed by atoms with E-state index in [4.69, 9.17) is 13.9 Å². The van der Waals surface area contributed by atoms with Gasteiger partial charge in [0.15, 0.2) is 6.61 Å². The standard InChI is InChI=1S/C22H19FN2O4/c1-27-17-8-4-15(5-9-17)19-13-20(21-3-2-12-28-21)25(24-19)22(26)14-29-18-10-6-16(23)7-11-18/h2-12,20H,13-14H2,1H3/t20-/m0/s1. The molecule has 29 heavy (non-hydrogen) atoms. The summed E-state index contributed by atoms with van der Waals surface area (Å²) >= 11 is 0. The van der Waals surface area contributed by atoms with Gasteiger partial charge in [0.25, 0.3) is 5.91 Å². The van der Waals surface area contributed by atoms with Crippen LogP contribution in [0.3, 0.4) is 0 Å². The zero-order valence-corrected chi connectivity index (χ0v) is 15.7. The Morgan fingerprint density at radius 1 is 1.14 bits per heavy atom. The molecule has 1 aliphatic heterocycles. The largest absolute Gasteiger partial charge is 0.497 e. The van der Waals surface area contributed by atoms with E-state index in [0.29, 0.717) is 17.9 Å². The number of methoxy groups -OCH3 is 1. The Morgan fingerprint density at radius 3 is 2.52 bits per heavy atom. The van der Waals surface area contributed by atoms with Gasteiger partial charge >= 0.3 is 0 Å². The number of hydrazone groups is 1. The van der Waals surface area contributed by atoms with Crippen LogP contribution in [0.5, 0.6) is 11.5 Å². The Balaban J connectivity index is 1.53. The molecular formula is C22H19FN2O4. The van der Waals surface area contributed by atoms with Gasteiger partial charge in [-0.15, -0.1) is 0 Å². The van der Waals surface area contributed by atoms with Crippen molar-refractivity contribution in [2.75, 3.05) is 13.7 Å². The van der Waals surface area contributed by atoms with Gasteiger partial charge in [0.05, 0.1) is 19.1 Å². The Hall–Kier alpha value is -3.61. The summed E-state index contributed by atoms with van der Waals surface area (Å²) in [5, 5.41) is 5.93. The lowest BCUT2D eigenvalue weighted by molar-refractivity contribution is -0.135. The van der Waals surface area contributed by atoms with Crippen LogP contribution in [-0.4, -0.2) is 30.3 Å². The molecule has 0 aliphatic carbocycles.